The van der Waals surface area contributed by atoms with Gasteiger partial charge in [0.1, 0.15) is 5.54 Å². The lowest BCUT2D eigenvalue weighted by Crippen LogP contribution is -2.46. The molecule has 0 saturated heterocycles. The van der Waals surface area contributed by atoms with Crippen LogP contribution in [0.5, 0.6) is 0 Å². The summed E-state index contributed by atoms with van der Waals surface area (Å²) in [6.45, 7) is 5.69. The van der Waals surface area contributed by atoms with Crippen LogP contribution in [0.1, 0.15) is 42.6 Å². The fourth-order valence-electron chi connectivity index (χ4n) is 1.73. The highest BCUT2D eigenvalue weighted by Gasteiger charge is 2.26. The summed E-state index contributed by atoms with van der Waals surface area (Å²) >= 11 is 12.1. The van der Waals surface area contributed by atoms with Crippen LogP contribution < -0.4 is 5.32 Å². The smallest absolute Gasteiger partial charge is 0.252 e. The topological polar surface area (TPSA) is 29.1 Å². The van der Waals surface area contributed by atoms with E-state index < -0.39 is 5.54 Å². The SMILES string of the molecule is C#CC(CC)(CC)NC(=O)c1cc(Cl)c(C)c(Cl)c1. The number of carbonyl (C=O) groups is 1. The summed E-state index contributed by atoms with van der Waals surface area (Å²) in [6.07, 6.45) is 6.85. The standard InChI is InChI=1S/C15H17Cl2NO/c1-5-15(6-2,7-3)18-14(19)11-8-12(16)10(4)13(17)9-11/h1,8-9H,6-7H2,2-4H3,(H,18,19). The van der Waals surface area contributed by atoms with Crippen molar-refractivity contribution in [1.82, 2.24) is 5.32 Å². The van der Waals surface area contributed by atoms with Crippen molar-refractivity contribution in [3.8, 4) is 12.3 Å². The lowest BCUT2D eigenvalue weighted by molar-refractivity contribution is 0.0916. The minimum Gasteiger partial charge on any atom is -0.336 e. The second-order valence-corrected chi connectivity index (χ2v) is 5.27. The number of hydrogen-bond acceptors (Lipinski definition) is 1. The number of nitrogens with one attached hydrogen (secondary N) is 1. The van der Waals surface area contributed by atoms with E-state index in [4.69, 9.17) is 29.6 Å². The molecule has 1 aromatic rings. The quantitative estimate of drug-likeness (QED) is 0.828. The van der Waals surface area contributed by atoms with Crippen LogP contribution in [-0.4, -0.2) is 11.4 Å². The van der Waals surface area contributed by atoms with Gasteiger partial charge in [0.05, 0.1) is 0 Å². The molecule has 0 bridgehead atoms. The number of hydrogen-bond donors (Lipinski definition) is 1. The molecule has 2 nitrogen and oxygen atoms in total. The van der Waals surface area contributed by atoms with Crippen LogP contribution in [0.3, 0.4) is 0 Å². The molecule has 0 aliphatic carbocycles. The van der Waals surface area contributed by atoms with Crippen molar-refractivity contribution in [2.24, 2.45) is 0 Å². The van der Waals surface area contributed by atoms with E-state index in [1.807, 2.05) is 13.8 Å². The van der Waals surface area contributed by atoms with Crippen LogP contribution in [0.15, 0.2) is 12.1 Å². The fraction of sp³-hybridized carbons (Fsp3) is 0.400. The summed E-state index contributed by atoms with van der Waals surface area (Å²) in [4.78, 5) is 12.2. The Bertz CT molecular complexity index is 504. The predicted molar refractivity (Wildman–Crippen MR) is 80.8 cm³/mol. The molecule has 0 fully saturated rings. The van der Waals surface area contributed by atoms with Gasteiger partial charge in [0, 0.05) is 15.6 Å². The first kappa shape index (κ1) is 15.9. The second kappa shape index (κ2) is 6.32. The number of halogens is 2. The van der Waals surface area contributed by atoms with Crippen molar-refractivity contribution >= 4 is 29.1 Å². The Labute approximate surface area is 124 Å². The normalized spacial score (nSPS) is 10.9. The molecule has 102 valence electrons. The summed E-state index contributed by atoms with van der Waals surface area (Å²) in [5, 5.41) is 3.82. The maximum atomic E-state index is 12.2. The van der Waals surface area contributed by atoms with E-state index in [-0.39, 0.29) is 5.91 Å². The Morgan fingerprint density at radius 3 is 2.16 bits per heavy atom. The van der Waals surface area contributed by atoms with Gasteiger partial charge in [0.15, 0.2) is 0 Å². The van der Waals surface area contributed by atoms with Crippen molar-refractivity contribution in [2.45, 2.75) is 39.2 Å². The molecule has 19 heavy (non-hydrogen) atoms. The van der Waals surface area contributed by atoms with Gasteiger partial charge in [-0.25, -0.2) is 0 Å². The highest BCUT2D eigenvalue weighted by molar-refractivity contribution is 6.36. The van der Waals surface area contributed by atoms with Crippen LogP contribution in [0.4, 0.5) is 0 Å². The molecule has 4 heteroatoms. The molecule has 0 heterocycles. The molecule has 0 aromatic heterocycles. The molecule has 0 unspecified atom stereocenters. The summed E-state index contributed by atoms with van der Waals surface area (Å²) in [6, 6.07) is 3.20. The maximum Gasteiger partial charge on any atom is 0.252 e. The molecule has 0 atom stereocenters. The second-order valence-electron chi connectivity index (χ2n) is 4.45. The number of carbonyl (C=O) groups excluding carboxylic acids is 1. The third-order valence-electron chi connectivity index (χ3n) is 3.38. The number of amides is 1. The lowest BCUT2D eigenvalue weighted by atomic mass is 9.93. The summed E-state index contributed by atoms with van der Waals surface area (Å²) < 4.78 is 0. The first-order valence-electron chi connectivity index (χ1n) is 6.15. The monoisotopic (exact) mass is 297 g/mol. The van der Waals surface area contributed by atoms with E-state index in [1.54, 1.807) is 19.1 Å². The molecule has 0 aliphatic heterocycles. The Morgan fingerprint density at radius 2 is 1.79 bits per heavy atom. The fourth-order valence-corrected chi connectivity index (χ4v) is 2.22. The maximum absolute atomic E-state index is 12.2. The highest BCUT2D eigenvalue weighted by atomic mass is 35.5. The van der Waals surface area contributed by atoms with E-state index in [0.29, 0.717) is 28.5 Å². The molecule has 1 rings (SSSR count). The lowest BCUT2D eigenvalue weighted by Gasteiger charge is -2.27. The van der Waals surface area contributed by atoms with Crippen LogP contribution in [-0.2, 0) is 0 Å². The molecule has 1 N–H and O–H groups in total. The molecular weight excluding hydrogens is 281 g/mol. The van der Waals surface area contributed by atoms with Gasteiger partial charge < -0.3 is 5.32 Å². The Kier molecular flexibility index (Phi) is 5.29. The average Bonchev–Trinajstić information content (AvgIpc) is 2.41. The van der Waals surface area contributed by atoms with Crippen LogP contribution in [0, 0.1) is 19.3 Å². The van der Waals surface area contributed by atoms with E-state index >= 15 is 0 Å². The van der Waals surface area contributed by atoms with Gasteiger partial charge in [-0.1, -0.05) is 43.0 Å². The zero-order valence-electron chi connectivity index (χ0n) is 11.3. The van der Waals surface area contributed by atoms with Gasteiger partial charge >= 0.3 is 0 Å². The molecular formula is C15H17Cl2NO. The van der Waals surface area contributed by atoms with Crippen LogP contribution in [0.2, 0.25) is 10.0 Å². The van der Waals surface area contributed by atoms with Gasteiger partial charge in [-0.2, -0.15) is 0 Å². The number of rotatable bonds is 4. The number of terminal acetylenes is 1. The van der Waals surface area contributed by atoms with Gasteiger partial charge in [-0.3, -0.25) is 4.79 Å². The third-order valence-corrected chi connectivity index (χ3v) is 4.16. The largest absolute Gasteiger partial charge is 0.336 e. The van der Waals surface area contributed by atoms with E-state index in [1.165, 1.54) is 0 Å². The minimum atomic E-state index is -0.624. The highest BCUT2D eigenvalue weighted by Crippen LogP contribution is 2.26. The van der Waals surface area contributed by atoms with Crippen molar-refractivity contribution in [2.75, 3.05) is 0 Å². The summed E-state index contributed by atoms with van der Waals surface area (Å²) in [7, 11) is 0. The van der Waals surface area contributed by atoms with Crippen LogP contribution in [0.25, 0.3) is 0 Å². The van der Waals surface area contributed by atoms with E-state index in [2.05, 4.69) is 11.2 Å². The third kappa shape index (κ3) is 3.43. The predicted octanol–water partition coefficient (Wildman–Crippen LogP) is 4.22. The first-order chi connectivity index (χ1) is 8.89. The van der Waals surface area contributed by atoms with Gasteiger partial charge in [-0.05, 0) is 37.5 Å². The molecule has 0 spiro atoms. The zero-order chi connectivity index (χ0) is 14.6. The Balaban J connectivity index is 3.06. The van der Waals surface area contributed by atoms with Gasteiger partial charge in [-0.15, -0.1) is 6.42 Å². The van der Waals surface area contributed by atoms with Crippen molar-refractivity contribution in [3.63, 3.8) is 0 Å². The molecule has 0 radical (unpaired) electrons. The Morgan fingerprint density at radius 1 is 1.32 bits per heavy atom. The molecule has 1 amide bonds. The van der Waals surface area contributed by atoms with Gasteiger partial charge in [0.25, 0.3) is 5.91 Å². The summed E-state index contributed by atoms with van der Waals surface area (Å²) in [5.41, 5.74) is 0.553. The van der Waals surface area contributed by atoms with E-state index in [0.717, 1.165) is 5.56 Å². The zero-order valence-corrected chi connectivity index (χ0v) is 12.8. The van der Waals surface area contributed by atoms with Crippen LogP contribution >= 0.6 is 23.2 Å². The molecule has 0 saturated carbocycles. The van der Waals surface area contributed by atoms with Crippen molar-refractivity contribution < 1.29 is 4.79 Å². The van der Waals surface area contributed by atoms with E-state index in [9.17, 15) is 4.79 Å². The van der Waals surface area contributed by atoms with Crippen molar-refractivity contribution in [1.29, 1.82) is 0 Å². The van der Waals surface area contributed by atoms with Gasteiger partial charge in [0.2, 0.25) is 0 Å². The first-order valence-corrected chi connectivity index (χ1v) is 6.90. The van der Waals surface area contributed by atoms with Crippen molar-refractivity contribution in [3.05, 3.63) is 33.3 Å². The molecule has 1 aromatic carbocycles. The average molecular weight is 298 g/mol. The minimum absolute atomic E-state index is 0.259. The molecule has 0 aliphatic rings. The Hall–Kier alpha value is -1.17. The summed E-state index contributed by atoms with van der Waals surface area (Å²) in [5.74, 6) is 2.40. The number of benzene rings is 1.